The number of anilines is 1. The molecule has 2 aliphatic rings. The molecule has 1 fully saturated rings. The van der Waals surface area contributed by atoms with Crippen molar-refractivity contribution < 1.29 is 33.0 Å². The number of ketones is 1. The van der Waals surface area contributed by atoms with Crippen LogP contribution in [0.4, 0.5) is 10.1 Å². The maximum atomic E-state index is 13.3. The molecule has 2 aromatic carbocycles. The number of nitrogens with zero attached hydrogens (tertiary/aromatic N) is 2. The van der Waals surface area contributed by atoms with Gasteiger partial charge < -0.3 is 19.1 Å². The molecule has 0 spiro atoms. The van der Waals surface area contributed by atoms with Gasteiger partial charge in [0.25, 0.3) is 5.91 Å². The summed E-state index contributed by atoms with van der Waals surface area (Å²) in [6.45, 7) is 4.75. The smallest absolute Gasteiger partial charge is 0.265 e. The second-order valence-electron chi connectivity index (χ2n) is 7.97. The maximum Gasteiger partial charge on any atom is 0.265 e. The van der Waals surface area contributed by atoms with Crippen LogP contribution in [0.25, 0.3) is 0 Å². The number of hydrogen-bond donors (Lipinski definition) is 0. The van der Waals surface area contributed by atoms with Gasteiger partial charge in [-0.2, -0.15) is 0 Å². The van der Waals surface area contributed by atoms with Gasteiger partial charge in [-0.05, 0) is 55.8 Å². The van der Waals surface area contributed by atoms with Crippen LogP contribution in [0.5, 0.6) is 11.5 Å². The average Bonchev–Trinajstić information content (AvgIpc) is 2.82. The second-order valence-corrected chi connectivity index (χ2v) is 7.97. The number of fused-ring (bicyclic) bond motifs is 1. The third-order valence-corrected chi connectivity index (χ3v) is 5.72. The summed E-state index contributed by atoms with van der Waals surface area (Å²) in [7, 11) is 0. The predicted octanol–water partition coefficient (Wildman–Crippen LogP) is 2.37. The monoisotopic (exact) mass is 456 g/mol. The fraction of sp³-hybridized carbons (Fsp3) is 0.375. The molecule has 1 saturated heterocycles. The first-order valence-corrected chi connectivity index (χ1v) is 10.7. The summed E-state index contributed by atoms with van der Waals surface area (Å²) in [5.41, 5.74) is 1.25. The van der Waals surface area contributed by atoms with Crippen LogP contribution >= 0.6 is 0 Å². The molecule has 2 aliphatic heterocycles. The molecule has 0 radical (unpaired) electrons. The van der Waals surface area contributed by atoms with Gasteiger partial charge in [0.15, 0.2) is 19.0 Å². The van der Waals surface area contributed by atoms with Crippen LogP contribution in [0.15, 0.2) is 36.4 Å². The maximum absolute atomic E-state index is 13.3. The number of benzene rings is 2. The minimum absolute atomic E-state index is 0.187. The number of carbonyl (C=O) groups excluding carboxylic acids is 3. The Hall–Kier alpha value is -3.46. The lowest BCUT2D eigenvalue weighted by molar-refractivity contribution is -0.138. The van der Waals surface area contributed by atoms with E-state index < -0.39 is 6.04 Å². The number of aryl methyl sites for hydroxylation is 1. The Bertz CT molecular complexity index is 1080. The topological polar surface area (TPSA) is 85.4 Å². The molecule has 0 saturated carbocycles. The van der Waals surface area contributed by atoms with Crippen LogP contribution < -0.4 is 14.4 Å². The Morgan fingerprint density at radius 3 is 2.64 bits per heavy atom. The normalized spacial score (nSPS) is 16.6. The van der Waals surface area contributed by atoms with Crippen LogP contribution in [0.1, 0.15) is 22.8 Å². The molecule has 0 N–H and O–H groups in total. The summed E-state index contributed by atoms with van der Waals surface area (Å²) in [5.74, 6) is -0.431. The van der Waals surface area contributed by atoms with Crippen molar-refractivity contribution in [2.24, 2.45) is 0 Å². The molecule has 2 heterocycles. The van der Waals surface area contributed by atoms with E-state index in [1.807, 2.05) is 0 Å². The van der Waals surface area contributed by atoms with Crippen LogP contribution in [0.2, 0.25) is 0 Å². The fourth-order valence-corrected chi connectivity index (χ4v) is 3.93. The molecule has 174 valence electrons. The lowest BCUT2D eigenvalue weighted by Gasteiger charge is -2.37. The number of carbonyl (C=O) groups is 3. The van der Waals surface area contributed by atoms with Crippen molar-refractivity contribution in [1.29, 1.82) is 0 Å². The molecule has 1 unspecified atom stereocenters. The summed E-state index contributed by atoms with van der Waals surface area (Å²) in [6.07, 6.45) is 0. The number of morpholine rings is 1. The van der Waals surface area contributed by atoms with Gasteiger partial charge in [-0.3, -0.25) is 19.3 Å². The summed E-state index contributed by atoms with van der Waals surface area (Å²) in [4.78, 5) is 41.6. The van der Waals surface area contributed by atoms with Crippen LogP contribution in [-0.2, 0) is 14.3 Å². The molecule has 0 aliphatic carbocycles. The lowest BCUT2D eigenvalue weighted by atomic mass is 10.1. The van der Waals surface area contributed by atoms with Crippen molar-refractivity contribution in [3.63, 3.8) is 0 Å². The number of amides is 2. The third-order valence-electron chi connectivity index (χ3n) is 5.72. The van der Waals surface area contributed by atoms with Gasteiger partial charge in [0, 0.05) is 18.7 Å². The zero-order valence-electron chi connectivity index (χ0n) is 18.5. The molecule has 33 heavy (non-hydrogen) atoms. The second kappa shape index (κ2) is 9.58. The van der Waals surface area contributed by atoms with E-state index >= 15 is 0 Å². The average molecular weight is 456 g/mol. The van der Waals surface area contributed by atoms with Gasteiger partial charge in [-0.15, -0.1) is 0 Å². The van der Waals surface area contributed by atoms with Crippen molar-refractivity contribution in [2.45, 2.75) is 19.9 Å². The largest absolute Gasteiger partial charge is 0.485 e. The first-order chi connectivity index (χ1) is 15.8. The minimum Gasteiger partial charge on any atom is -0.485 e. The van der Waals surface area contributed by atoms with E-state index in [9.17, 15) is 18.8 Å². The van der Waals surface area contributed by atoms with E-state index in [-0.39, 0.29) is 36.6 Å². The molecule has 0 bridgehead atoms. The first kappa shape index (κ1) is 22.7. The van der Waals surface area contributed by atoms with Crippen molar-refractivity contribution in [1.82, 2.24) is 4.90 Å². The molecule has 0 aromatic heterocycles. The van der Waals surface area contributed by atoms with Gasteiger partial charge >= 0.3 is 0 Å². The van der Waals surface area contributed by atoms with E-state index in [2.05, 4.69) is 0 Å². The van der Waals surface area contributed by atoms with Crippen LogP contribution in [0.3, 0.4) is 0 Å². The highest BCUT2D eigenvalue weighted by atomic mass is 19.1. The van der Waals surface area contributed by atoms with Crippen molar-refractivity contribution in [2.75, 3.05) is 44.4 Å². The Labute approximate surface area is 190 Å². The van der Waals surface area contributed by atoms with Crippen LogP contribution in [0, 0.1) is 12.7 Å². The number of hydrogen-bond acceptors (Lipinski definition) is 6. The predicted molar refractivity (Wildman–Crippen MR) is 117 cm³/mol. The quantitative estimate of drug-likeness (QED) is 0.621. The molecule has 9 heteroatoms. The zero-order valence-corrected chi connectivity index (χ0v) is 18.5. The standard InChI is InChI=1S/C24H25FN2O6/c1-15-11-18(25)4-6-21(15)32-13-20(28)17-3-5-22-19(12-17)27(23(29)14-33-22)16(2)24(30)26-7-9-31-10-8-26/h3-6,11-12,16H,7-10,13-14H2,1-2H3. The highest BCUT2D eigenvalue weighted by Crippen LogP contribution is 2.35. The molecule has 1 atom stereocenters. The minimum atomic E-state index is -0.762. The van der Waals surface area contributed by atoms with Gasteiger partial charge in [-0.1, -0.05) is 0 Å². The van der Waals surface area contributed by atoms with E-state index in [1.54, 1.807) is 36.9 Å². The van der Waals surface area contributed by atoms with Crippen molar-refractivity contribution in [3.05, 3.63) is 53.3 Å². The number of Topliss-reactive ketones (excluding diaryl/α,β-unsaturated/α-hetero) is 1. The molecule has 2 aromatic rings. The van der Waals surface area contributed by atoms with Crippen LogP contribution in [-0.4, -0.2) is 68.1 Å². The number of rotatable bonds is 6. The van der Waals surface area contributed by atoms with E-state index in [1.165, 1.54) is 23.1 Å². The SMILES string of the molecule is Cc1cc(F)ccc1OCC(=O)c1ccc2c(c1)N(C(C)C(=O)N1CCOCC1)C(=O)CO2. The first-order valence-electron chi connectivity index (χ1n) is 10.7. The zero-order chi connectivity index (χ0) is 23.5. The van der Waals surface area contributed by atoms with Gasteiger partial charge in [0.1, 0.15) is 23.4 Å². The van der Waals surface area contributed by atoms with Gasteiger partial charge in [0.2, 0.25) is 5.91 Å². The Morgan fingerprint density at radius 1 is 1.15 bits per heavy atom. The highest BCUT2D eigenvalue weighted by Gasteiger charge is 2.36. The molecular formula is C24H25FN2O6. The highest BCUT2D eigenvalue weighted by molar-refractivity contribution is 6.05. The summed E-state index contributed by atoms with van der Waals surface area (Å²) >= 11 is 0. The fourth-order valence-electron chi connectivity index (χ4n) is 3.93. The lowest BCUT2D eigenvalue weighted by Crippen LogP contribution is -2.54. The van der Waals surface area contributed by atoms with Crippen molar-refractivity contribution >= 4 is 23.3 Å². The van der Waals surface area contributed by atoms with Gasteiger partial charge in [-0.25, -0.2) is 4.39 Å². The molecular weight excluding hydrogens is 431 g/mol. The molecule has 4 rings (SSSR count). The third kappa shape index (κ3) is 4.83. The van der Waals surface area contributed by atoms with Crippen molar-refractivity contribution in [3.8, 4) is 11.5 Å². The Morgan fingerprint density at radius 2 is 1.91 bits per heavy atom. The summed E-state index contributed by atoms with van der Waals surface area (Å²) in [5, 5.41) is 0. The summed E-state index contributed by atoms with van der Waals surface area (Å²) < 4.78 is 29.7. The number of ether oxygens (including phenoxy) is 3. The van der Waals surface area contributed by atoms with E-state index in [0.29, 0.717) is 54.6 Å². The number of halogens is 1. The van der Waals surface area contributed by atoms with Gasteiger partial charge in [0.05, 0.1) is 18.9 Å². The molecule has 8 nitrogen and oxygen atoms in total. The van der Waals surface area contributed by atoms with E-state index in [0.717, 1.165) is 0 Å². The Kier molecular flexibility index (Phi) is 6.60. The molecule has 2 amide bonds. The summed E-state index contributed by atoms with van der Waals surface area (Å²) in [6, 6.07) is 8.03. The Balaban J connectivity index is 1.53. The van der Waals surface area contributed by atoms with E-state index in [4.69, 9.17) is 14.2 Å².